The standard InChI is InChI=1S/C16H23FN2O/c1-2-3-4-12-5-7-13(8-6-12)16(20)19-14-9-10-15(17)18-11-14/h9-13H,2-8H2,1H3,(H,19,20). The lowest BCUT2D eigenvalue weighted by Crippen LogP contribution is -2.27. The van der Waals surface area contributed by atoms with Gasteiger partial charge in [-0.1, -0.05) is 26.2 Å². The highest BCUT2D eigenvalue weighted by Gasteiger charge is 2.25. The van der Waals surface area contributed by atoms with Crippen LogP contribution < -0.4 is 5.32 Å². The van der Waals surface area contributed by atoms with E-state index in [1.165, 1.54) is 31.5 Å². The summed E-state index contributed by atoms with van der Waals surface area (Å²) >= 11 is 0. The molecule has 0 saturated heterocycles. The van der Waals surface area contributed by atoms with Gasteiger partial charge >= 0.3 is 0 Å². The Labute approximate surface area is 120 Å². The van der Waals surface area contributed by atoms with Crippen LogP contribution in [-0.2, 0) is 4.79 Å². The third-order valence-corrected chi connectivity index (χ3v) is 4.18. The van der Waals surface area contributed by atoms with Crippen LogP contribution in [0.1, 0.15) is 51.9 Å². The average Bonchev–Trinajstić information content (AvgIpc) is 2.48. The van der Waals surface area contributed by atoms with Gasteiger partial charge in [0.15, 0.2) is 0 Å². The number of carbonyl (C=O) groups is 1. The molecule has 4 heteroatoms. The molecule has 1 saturated carbocycles. The molecular formula is C16H23FN2O. The molecule has 0 spiro atoms. The third kappa shape index (κ3) is 4.29. The third-order valence-electron chi connectivity index (χ3n) is 4.18. The molecule has 3 nitrogen and oxygen atoms in total. The first kappa shape index (κ1) is 14.9. The van der Waals surface area contributed by atoms with E-state index >= 15 is 0 Å². The van der Waals surface area contributed by atoms with Gasteiger partial charge in [0.2, 0.25) is 11.9 Å². The average molecular weight is 278 g/mol. The van der Waals surface area contributed by atoms with Crippen molar-refractivity contribution in [1.29, 1.82) is 0 Å². The summed E-state index contributed by atoms with van der Waals surface area (Å²) in [5, 5.41) is 2.83. The molecular weight excluding hydrogens is 255 g/mol. The quantitative estimate of drug-likeness (QED) is 0.822. The molecule has 1 N–H and O–H groups in total. The lowest BCUT2D eigenvalue weighted by Gasteiger charge is -2.27. The summed E-state index contributed by atoms with van der Waals surface area (Å²) < 4.78 is 12.7. The summed E-state index contributed by atoms with van der Waals surface area (Å²) in [6, 6.07) is 2.81. The molecule has 0 aliphatic heterocycles. The number of pyridine rings is 1. The van der Waals surface area contributed by atoms with Crippen LogP contribution in [-0.4, -0.2) is 10.9 Å². The zero-order valence-electron chi connectivity index (χ0n) is 12.1. The SMILES string of the molecule is CCCCC1CCC(C(=O)Nc2ccc(F)nc2)CC1. The Bertz CT molecular complexity index is 425. The molecule has 0 radical (unpaired) electrons. The highest BCUT2D eigenvalue weighted by atomic mass is 19.1. The summed E-state index contributed by atoms with van der Waals surface area (Å²) in [6.45, 7) is 2.22. The van der Waals surface area contributed by atoms with E-state index in [1.54, 1.807) is 6.07 Å². The number of anilines is 1. The zero-order chi connectivity index (χ0) is 14.4. The largest absolute Gasteiger partial charge is 0.324 e. The predicted octanol–water partition coefficient (Wildman–Crippen LogP) is 4.16. The van der Waals surface area contributed by atoms with E-state index < -0.39 is 5.95 Å². The van der Waals surface area contributed by atoms with Crippen molar-refractivity contribution in [2.45, 2.75) is 51.9 Å². The molecule has 1 amide bonds. The lowest BCUT2D eigenvalue weighted by atomic mass is 9.79. The number of aromatic nitrogens is 1. The highest BCUT2D eigenvalue weighted by Crippen LogP contribution is 2.32. The number of hydrogen-bond donors (Lipinski definition) is 1. The van der Waals surface area contributed by atoms with E-state index in [1.807, 2.05) is 0 Å². The van der Waals surface area contributed by atoms with Crippen LogP contribution in [0.5, 0.6) is 0 Å². The summed E-state index contributed by atoms with van der Waals surface area (Å²) in [6.07, 6.45) is 9.44. The smallest absolute Gasteiger partial charge is 0.227 e. The Morgan fingerprint density at radius 3 is 2.70 bits per heavy atom. The van der Waals surface area contributed by atoms with Crippen molar-refractivity contribution in [3.05, 3.63) is 24.3 Å². The summed E-state index contributed by atoms with van der Waals surface area (Å²) in [5.74, 6) is 0.413. The molecule has 1 aliphatic rings. The summed E-state index contributed by atoms with van der Waals surface area (Å²) in [7, 11) is 0. The van der Waals surface area contributed by atoms with E-state index in [2.05, 4.69) is 17.2 Å². The fourth-order valence-corrected chi connectivity index (χ4v) is 2.90. The maximum Gasteiger partial charge on any atom is 0.227 e. The van der Waals surface area contributed by atoms with E-state index in [4.69, 9.17) is 0 Å². The molecule has 1 aromatic heterocycles. The number of nitrogens with zero attached hydrogens (tertiary/aromatic N) is 1. The Morgan fingerprint density at radius 1 is 1.35 bits per heavy atom. The van der Waals surface area contributed by atoms with Gasteiger partial charge in [-0.05, 0) is 43.7 Å². The van der Waals surface area contributed by atoms with Crippen molar-refractivity contribution >= 4 is 11.6 Å². The fourth-order valence-electron chi connectivity index (χ4n) is 2.90. The van der Waals surface area contributed by atoms with Gasteiger partial charge in [0.1, 0.15) is 0 Å². The number of hydrogen-bond acceptors (Lipinski definition) is 2. The number of unbranched alkanes of at least 4 members (excludes halogenated alkanes) is 1. The maximum atomic E-state index is 12.7. The molecule has 20 heavy (non-hydrogen) atoms. The molecule has 0 atom stereocenters. The number of amides is 1. The Balaban J connectivity index is 1.78. The fraction of sp³-hybridized carbons (Fsp3) is 0.625. The molecule has 2 rings (SSSR count). The van der Waals surface area contributed by atoms with Crippen molar-refractivity contribution in [3.8, 4) is 0 Å². The summed E-state index contributed by atoms with van der Waals surface area (Å²) in [4.78, 5) is 15.7. The molecule has 110 valence electrons. The van der Waals surface area contributed by atoms with Gasteiger partial charge in [0.25, 0.3) is 0 Å². The van der Waals surface area contributed by atoms with Gasteiger partial charge in [-0.15, -0.1) is 0 Å². The van der Waals surface area contributed by atoms with Gasteiger partial charge in [-0.2, -0.15) is 4.39 Å². The Kier molecular flexibility index (Phi) is 5.50. The monoisotopic (exact) mass is 278 g/mol. The zero-order valence-corrected chi connectivity index (χ0v) is 12.1. The number of rotatable bonds is 5. The molecule has 1 aliphatic carbocycles. The van der Waals surface area contributed by atoms with Gasteiger partial charge in [-0.25, -0.2) is 4.98 Å². The first-order valence-electron chi connectivity index (χ1n) is 7.61. The van der Waals surface area contributed by atoms with E-state index in [-0.39, 0.29) is 11.8 Å². The molecule has 1 fully saturated rings. The number of nitrogens with one attached hydrogen (secondary N) is 1. The molecule has 0 unspecified atom stereocenters. The minimum Gasteiger partial charge on any atom is -0.324 e. The predicted molar refractivity (Wildman–Crippen MR) is 77.8 cm³/mol. The van der Waals surface area contributed by atoms with Crippen LogP contribution in [0.2, 0.25) is 0 Å². The maximum absolute atomic E-state index is 12.7. The topological polar surface area (TPSA) is 42.0 Å². The minimum atomic E-state index is -0.528. The second-order valence-corrected chi connectivity index (χ2v) is 5.72. The van der Waals surface area contributed by atoms with Crippen LogP contribution in [0.3, 0.4) is 0 Å². The van der Waals surface area contributed by atoms with Crippen LogP contribution in [0, 0.1) is 17.8 Å². The van der Waals surface area contributed by atoms with Crippen LogP contribution in [0.4, 0.5) is 10.1 Å². The van der Waals surface area contributed by atoms with E-state index in [0.717, 1.165) is 31.6 Å². The van der Waals surface area contributed by atoms with Crippen molar-refractivity contribution < 1.29 is 9.18 Å². The van der Waals surface area contributed by atoms with Crippen molar-refractivity contribution in [1.82, 2.24) is 4.98 Å². The lowest BCUT2D eigenvalue weighted by molar-refractivity contribution is -0.121. The highest BCUT2D eigenvalue weighted by molar-refractivity contribution is 5.92. The Morgan fingerprint density at radius 2 is 2.10 bits per heavy atom. The van der Waals surface area contributed by atoms with Gasteiger partial charge in [0.05, 0.1) is 11.9 Å². The molecule has 0 bridgehead atoms. The minimum absolute atomic E-state index is 0.0485. The first-order valence-corrected chi connectivity index (χ1v) is 7.61. The summed E-state index contributed by atoms with van der Waals surface area (Å²) in [5.41, 5.74) is 0.574. The van der Waals surface area contributed by atoms with Crippen LogP contribution >= 0.6 is 0 Å². The van der Waals surface area contributed by atoms with Gasteiger partial charge < -0.3 is 5.32 Å². The normalized spacial score (nSPS) is 22.5. The Hall–Kier alpha value is -1.45. The molecule has 1 aromatic rings. The van der Waals surface area contributed by atoms with E-state index in [9.17, 15) is 9.18 Å². The second kappa shape index (κ2) is 7.36. The van der Waals surface area contributed by atoms with Crippen LogP contribution in [0.25, 0.3) is 0 Å². The van der Waals surface area contributed by atoms with E-state index in [0.29, 0.717) is 5.69 Å². The molecule has 0 aromatic carbocycles. The van der Waals surface area contributed by atoms with Crippen molar-refractivity contribution in [2.75, 3.05) is 5.32 Å². The van der Waals surface area contributed by atoms with Gasteiger partial charge in [0, 0.05) is 5.92 Å². The van der Waals surface area contributed by atoms with Crippen molar-refractivity contribution in [3.63, 3.8) is 0 Å². The first-order chi connectivity index (χ1) is 9.69. The van der Waals surface area contributed by atoms with Gasteiger partial charge in [-0.3, -0.25) is 4.79 Å². The number of carbonyl (C=O) groups excluding carboxylic acids is 1. The van der Waals surface area contributed by atoms with Crippen molar-refractivity contribution in [2.24, 2.45) is 11.8 Å². The second-order valence-electron chi connectivity index (χ2n) is 5.72. The number of halogens is 1. The molecule has 1 heterocycles. The van der Waals surface area contributed by atoms with Crippen LogP contribution in [0.15, 0.2) is 18.3 Å².